The second-order valence-electron chi connectivity index (χ2n) is 2.54. The summed E-state index contributed by atoms with van der Waals surface area (Å²) in [7, 11) is 1.82. The first-order valence-corrected chi connectivity index (χ1v) is 4.14. The molecule has 0 spiro atoms. The second-order valence-corrected chi connectivity index (χ2v) is 2.95. The standard InChI is InChI=1S/C9H11ClFN/c1-12-6-7-3-2-4-9(10)8(7)5-11/h2-4,12H,5-6H2,1H3. The van der Waals surface area contributed by atoms with Gasteiger partial charge in [0.1, 0.15) is 6.67 Å². The van der Waals surface area contributed by atoms with Crippen molar-refractivity contribution in [2.75, 3.05) is 7.05 Å². The molecule has 3 heteroatoms. The molecule has 1 aromatic carbocycles. The molecule has 0 aromatic heterocycles. The van der Waals surface area contributed by atoms with E-state index in [-0.39, 0.29) is 0 Å². The minimum absolute atomic E-state index is 0.503. The summed E-state index contributed by atoms with van der Waals surface area (Å²) < 4.78 is 12.5. The van der Waals surface area contributed by atoms with Crippen molar-refractivity contribution in [2.45, 2.75) is 13.2 Å². The third-order valence-corrected chi connectivity index (χ3v) is 2.07. The molecule has 0 radical (unpaired) electrons. The van der Waals surface area contributed by atoms with Crippen LogP contribution in [0.5, 0.6) is 0 Å². The normalized spacial score (nSPS) is 10.2. The van der Waals surface area contributed by atoms with Crippen LogP contribution in [0.4, 0.5) is 4.39 Å². The van der Waals surface area contributed by atoms with Crippen LogP contribution in [0.2, 0.25) is 5.02 Å². The number of hydrogen-bond acceptors (Lipinski definition) is 1. The van der Waals surface area contributed by atoms with Crippen molar-refractivity contribution in [1.29, 1.82) is 0 Å². The van der Waals surface area contributed by atoms with Crippen LogP contribution in [0.15, 0.2) is 18.2 Å². The van der Waals surface area contributed by atoms with E-state index in [2.05, 4.69) is 5.32 Å². The van der Waals surface area contributed by atoms with Crippen molar-refractivity contribution in [1.82, 2.24) is 5.32 Å². The highest BCUT2D eigenvalue weighted by molar-refractivity contribution is 6.31. The van der Waals surface area contributed by atoms with E-state index in [0.717, 1.165) is 5.56 Å². The first-order valence-electron chi connectivity index (χ1n) is 3.76. The van der Waals surface area contributed by atoms with Crippen LogP contribution < -0.4 is 5.32 Å². The van der Waals surface area contributed by atoms with Gasteiger partial charge >= 0.3 is 0 Å². The van der Waals surface area contributed by atoms with Gasteiger partial charge in [-0.1, -0.05) is 23.7 Å². The van der Waals surface area contributed by atoms with Crippen molar-refractivity contribution < 1.29 is 4.39 Å². The fourth-order valence-corrected chi connectivity index (χ4v) is 1.35. The average Bonchev–Trinajstić information content (AvgIpc) is 2.05. The van der Waals surface area contributed by atoms with Crippen molar-refractivity contribution in [3.05, 3.63) is 34.3 Å². The van der Waals surface area contributed by atoms with Gasteiger partial charge in [0.15, 0.2) is 0 Å². The van der Waals surface area contributed by atoms with Gasteiger partial charge in [0.25, 0.3) is 0 Å². The lowest BCUT2D eigenvalue weighted by atomic mass is 10.1. The number of rotatable bonds is 3. The third kappa shape index (κ3) is 1.96. The van der Waals surface area contributed by atoms with E-state index in [1.807, 2.05) is 19.2 Å². The van der Waals surface area contributed by atoms with E-state index in [0.29, 0.717) is 17.1 Å². The highest BCUT2D eigenvalue weighted by Gasteiger charge is 2.04. The molecule has 0 fully saturated rings. The van der Waals surface area contributed by atoms with E-state index >= 15 is 0 Å². The van der Waals surface area contributed by atoms with E-state index in [1.165, 1.54) is 0 Å². The van der Waals surface area contributed by atoms with Crippen molar-refractivity contribution in [3.63, 3.8) is 0 Å². The first kappa shape index (κ1) is 9.49. The Morgan fingerprint density at radius 2 is 2.25 bits per heavy atom. The maximum absolute atomic E-state index is 12.5. The number of alkyl halides is 1. The molecule has 0 saturated heterocycles. The zero-order valence-electron chi connectivity index (χ0n) is 6.90. The zero-order valence-corrected chi connectivity index (χ0v) is 7.66. The van der Waals surface area contributed by atoms with E-state index in [4.69, 9.17) is 11.6 Å². The number of nitrogens with one attached hydrogen (secondary N) is 1. The van der Waals surface area contributed by atoms with Gasteiger partial charge in [0.2, 0.25) is 0 Å². The highest BCUT2D eigenvalue weighted by Crippen LogP contribution is 2.20. The summed E-state index contributed by atoms with van der Waals surface area (Å²) in [5, 5.41) is 3.47. The fourth-order valence-electron chi connectivity index (χ4n) is 1.11. The van der Waals surface area contributed by atoms with Gasteiger partial charge in [0, 0.05) is 17.1 Å². The molecule has 0 bridgehead atoms. The zero-order chi connectivity index (χ0) is 8.97. The maximum atomic E-state index is 12.5. The molecule has 0 aliphatic rings. The van der Waals surface area contributed by atoms with Crippen LogP contribution in [0.1, 0.15) is 11.1 Å². The number of halogens is 2. The average molecular weight is 188 g/mol. The minimum atomic E-state index is -0.503. The fraction of sp³-hybridized carbons (Fsp3) is 0.333. The van der Waals surface area contributed by atoms with E-state index in [1.54, 1.807) is 6.07 Å². The van der Waals surface area contributed by atoms with Crippen LogP contribution in [0, 0.1) is 0 Å². The first-order chi connectivity index (χ1) is 5.79. The molecule has 1 N–H and O–H groups in total. The summed E-state index contributed by atoms with van der Waals surface area (Å²) in [4.78, 5) is 0. The molecule has 12 heavy (non-hydrogen) atoms. The summed E-state index contributed by atoms with van der Waals surface area (Å²) in [6.45, 7) is 0.149. The molecule has 0 saturated carbocycles. The van der Waals surface area contributed by atoms with E-state index in [9.17, 15) is 4.39 Å². The highest BCUT2D eigenvalue weighted by atomic mass is 35.5. The van der Waals surface area contributed by atoms with Crippen LogP contribution in [-0.2, 0) is 13.2 Å². The quantitative estimate of drug-likeness (QED) is 0.767. The summed E-state index contributed by atoms with van der Waals surface area (Å²) in [6.07, 6.45) is 0. The molecular formula is C9H11ClFN. The molecule has 0 amide bonds. The topological polar surface area (TPSA) is 12.0 Å². The number of benzene rings is 1. The van der Waals surface area contributed by atoms with E-state index < -0.39 is 6.67 Å². The summed E-state index contributed by atoms with van der Waals surface area (Å²) in [5.41, 5.74) is 1.51. The summed E-state index contributed by atoms with van der Waals surface area (Å²) in [6, 6.07) is 5.40. The predicted octanol–water partition coefficient (Wildman–Crippen LogP) is 2.53. The smallest absolute Gasteiger partial charge is 0.116 e. The Balaban J connectivity index is 3.00. The summed E-state index contributed by atoms with van der Waals surface area (Å²) in [5.74, 6) is 0. The van der Waals surface area contributed by atoms with Crippen LogP contribution in [-0.4, -0.2) is 7.05 Å². The molecule has 0 atom stereocenters. The lowest BCUT2D eigenvalue weighted by molar-refractivity contribution is 0.481. The Bertz CT molecular complexity index is 263. The summed E-state index contributed by atoms with van der Waals surface area (Å²) >= 11 is 5.80. The molecular weight excluding hydrogens is 177 g/mol. The maximum Gasteiger partial charge on any atom is 0.116 e. The second kappa shape index (κ2) is 4.43. The van der Waals surface area contributed by atoms with Crippen LogP contribution >= 0.6 is 11.6 Å². The minimum Gasteiger partial charge on any atom is -0.316 e. The van der Waals surface area contributed by atoms with Crippen molar-refractivity contribution >= 4 is 11.6 Å². The van der Waals surface area contributed by atoms with Gasteiger partial charge in [-0.25, -0.2) is 4.39 Å². The molecule has 0 aliphatic heterocycles. The van der Waals surface area contributed by atoms with Gasteiger partial charge in [-0.2, -0.15) is 0 Å². The van der Waals surface area contributed by atoms with Crippen LogP contribution in [0.3, 0.4) is 0 Å². The Labute approximate surface area is 76.5 Å². The lowest BCUT2D eigenvalue weighted by Crippen LogP contribution is -2.07. The molecule has 1 rings (SSSR count). The van der Waals surface area contributed by atoms with Gasteiger partial charge in [-0.3, -0.25) is 0 Å². The Hall–Kier alpha value is -0.600. The lowest BCUT2D eigenvalue weighted by Gasteiger charge is -2.06. The number of hydrogen-bond donors (Lipinski definition) is 1. The Morgan fingerprint density at radius 1 is 1.50 bits per heavy atom. The Morgan fingerprint density at radius 3 is 2.83 bits per heavy atom. The molecule has 0 unspecified atom stereocenters. The predicted molar refractivity (Wildman–Crippen MR) is 49.0 cm³/mol. The largest absolute Gasteiger partial charge is 0.316 e. The van der Waals surface area contributed by atoms with Gasteiger partial charge in [-0.05, 0) is 18.7 Å². The monoisotopic (exact) mass is 187 g/mol. The molecule has 1 nitrogen and oxygen atoms in total. The molecule has 1 aromatic rings. The SMILES string of the molecule is CNCc1cccc(Cl)c1CF. The van der Waals surface area contributed by atoms with Crippen LogP contribution in [0.25, 0.3) is 0 Å². The third-order valence-electron chi connectivity index (χ3n) is 1.72. The van der Waals surface area contributed by atoms with Gasteiger partial charge in [-0.15, -0.1) is 0 Å². The molecule has 0 heterocycles. The molecule has 0 aliphatic carbocycles. The van der Waals surface area contributed by atoms with Gasteiger partial charge in [0.05, 0.1) is 0 Å². The molecule has 66 valence electrons. The Kier molecular flexibility index (Phi) is 3.50. The van der Waals surface area contributed by atoms with Crippen molar-refractivity contribution in [2.24, 2.45) is 0 Å². The van der Waals surface area contributed by atoms with Gasteiger partial charge < -0.3 is 5.32 Å². The van der Waals surface area contributed by atoms with Crippen molar-refractivity contribution in [3.8, 4) is 0 Å².